The van der Waals surface area contributed by atoms with E-state index in [9.17, 15) is 0 Å². The van der Waals surface area contributed by atoms with Gasteiger partial charge in [0.05, 0.1) is 16.8 Å². The van der Waals surface area contributed by atoms with Crippen molar-refractivity contribution in [3.63, 3.8) is 0 Å². The highest BCUT2D eigenvalue weighted by Crippen LogP contribution is 2.39. The molecule has 5 aromatic rings. The van der Waals surface area contributed by atoms with Crippen molar-refractivity contribution >= 4 is 11.6 Å². The van der Waals surface area contributed by atoms with Gasteiger partial charge >= 0.3 is 6.01 Å². The molecule has 0 bridgehead atoms. The third-order valence-corrected chi connectivity index (χ3v) is 5.99. The molecule has 0 radical (unpaired) electrons. The van der Waals surface area contributed by atoms with E-state index in [1.807, 2.05) is 112 Å². The molecule has 0 aliphatic carbocycles. The highest BCUT2D eigenvalue weighted by Gasteiger charge is 2.20. The van der Waals surface area contributed by atoms with Crippen LogP contribution >= 0.6 is 11.6 Å². The second-order valence-corrected chi connectivity index (χ2v) is 8.98. The van der Waals surface area contributed by atoms with Gasteiger partial charge in [0.1, 0.15) is 30.7 Å². The number of aryl methyl sites for hydroxylation is 1. The van der Waals surface area contributed by atoms with Crippen LogP contribution in [0.3, 0.4) is 0 Å². The molecule has 0 saturated carbocycles. The lowest BCUT2D eigenvalue weighted by Crippen LogP contribution is -2.06. The molecule has 40 heavy (non-hydrogen) atoms. The van der Waals surface area contributed by atoms with Gasteiger partial charge in [-0.15, -0.1) is 0 Å². The molecule has 0 aliphatic rings. The van der Waals surface area contributed by atoms with Gasteiger partial charge in [0.15, 0.2) is 0 Å². The average molecular weight is 554 g/mol. The fourth-order valence-electron chi connectivity index (χ4n) is 3.93. The van der Waals surface area contributed by atoms with E-state index in [4.69, 9.17) is 25.8 Å². The largest absolute Gasteiger partial charge is 0.488 e. The second kappa shape index (κ2) is 14.7. The van der Waals surface area contributed by atoms with E-state index < -0.39 is 0 Å². The van der Waals surface area contributed by atoms with Crippen molar-refractivity contribution in [2.45, 2.75) is 40.6 Å². The summed E-state index contributed by atoms with van der Waals surface area (Å²) in [5.74, 6) is 0.932. The van der Waals surface area contributed by atoms with Crippen LogP contribution in [0.4, 0.5) is 0 Å². The minimum Gasteiger partial charge on any atom is -0.488 e. The molecule has 0 aliphatic heterocycles. The van der Waals surface area contributed by atoms with E-state index in [0.717, 1.165) is 16.7 Å². The van der Waals surface area contributed by atoms with Crippen LogP contribution in [-0.4, -0.2) is 15.0 Å². The van der Waals surface area contributed by atoms with Crippen LogP contribution in [-0.2, 0) is 19.8 Å². The number of pyridine rings is 1. The van der Waals surface area contributed by atoms with Gasteiger partial charge in [-0.05, 0) is 23.6 Å². The van der Waals surface area contributed by atoms with Gasteiger partial charge in [-0.2, -0.15) is 4.98 Å². The fraction of sp³-hybridized carbons (Fsp3) is 0.182. The average Bonchev–Trinajstić information content (AvgIpc) is 3.00. The minimum atomic E-state index is 0.215. The molecule has 0 fully saturated rings. The lowest BCUT2D eigenvalue weighted by atomic mass is 10.1. The summed E-state index contributed by atoms with van der Waals surface area (Å²) in [5, 5.41) is 0.338. The van der Waals surface area contributed by atoms with Gasteiger partial charge in [-0.3, -0.25) is 0 Å². The molecule has 0 unspecified atom stereocenters. The van der Waals surface area contributed by atoms with E-state index in [2.05, 4.69) is 15.0 Å². The van der Waals surface area contributed by atoms with Crippen molar-refractivity contribution < 1.29 is 14.2 Å². The molecule has 0 N–H and O–H groups in total. The van der Waals surface area contributed by atoms with E-state index in [0.29, 0.717) is 53.4 Å². The number of benzene rings is 3. The summed E-state index contributed by atoms with van der Waals surface area (Å²) in [4.78, 5) is 13.6. The summed E-state index contributed by atoms with van der Waals surface area (Å²) in [7, 11) is 0. The first-order valence-electron chi connectivity index (χ1n) is 13.2. The van der Waals surface area contributed by atoms with Crippen LogP contribution in [0, 0.1) is 6.92 Å². The normalized spacial score (nSPS) is 10.3. The molecular weight excluding hydrogens is 522 g/mol. The molecule has 0 spiro atoms. The molecule has 3 aromatic carbocycles. The van der Waals surface area contributed by atoms with Crippen molar-refractivity contribution in [3.05, 3.63) is 131 Å². The van der Waals surface area contributed by atoms with E-state index in [1.54, 1.807) is 12.3 Å². The van der Waals surface area contributed by atoms with Crippen molar-refractivity contribution in [1.29, 1.82) is 0 Å². The van der Waals surface area contributed by atoms with Crippen LogP contribution < -0.4 is 14.2 Å². The van der Waals surface area contributed by atoms with Crippen LogP contribution in [0.1, 0.15) is 36.2 Å². The number of halogens is 1. The SMILES string of the molecule is CC.Cc1nc(Cl)cc(OCc2ccccc2)c1-c1cnc(OCc2ccccc2)nc1OCc1ccccc1. The van der Waals surface area contributed by atoms with E-state index >= 15 is 0 Å². The number of aromatic nitrogens is 3. The summed E-state index contributed by atoms with van der Waals surface area (Å²) >= 11 is 6.32. The maximum atomic E-state index is 6.32. The van der Waals surface area contributed by atoms with Crippen LogP contribution in [0.15, 0.2) is 103 Å². The number of ether oxygens (including phenoxy) is 3. The molecule has 2 aromatic heterocycles. The highest BCUT2D eigenvalue weighted by atomic mass is 35.5. The van der Waals surface area contributed by atoms with Crippen LogP contribution in [0.2, 0.25) is 5.15 Å². The predicted molar refractivity (Wildman–Crippen MR) is 159 cm³/mol. The first-order chi connectivity index (χ1) is 19.7. The predicted octanol–water partition coefficient (Wildman–Crippen LogP) is 8.26. The molecule has 0 saturated heterocycles. The summed E-state index contributed by atoms with van der Waals surface area (Å²) in [6.07, 6.45) is 1.68. The monoisotopic (exact) mass is 553 g/mol. The zero-order valence-corrected chi connectivity index (χ0v) is 23.6. The van der Waals surface area contributed by atoms with Crippen molar-refractivity contribution in [1.82, 2.24) is 15.0 Å². The summed E-state index contributed by atoms with van der Waals surface area (Å²) in [6, 6.07) is 31.6. The molecule has 204 valence electrons. The smallest absolute Gasteiger partial charge is 0.320 e. The molecule has 5 rings (SSSR count). The Morgan fingerprint density at radius 3 is 1.70 bits per heavy atom. The van der Waals surface area contributed by atoms with Gasteiger partial charge in [0.2, 0.25) is 5.88 Å². The molecule has 0 amide bonds. The Balaban J connectivity index is 0.00000181. The van der Waals surface area contributed by atoms with Gasteiger partial charge in [0, 0.05) is 12.3 Å². The fourth-order valence-corrected chi connectivity index (χ4v) is 4.16. The van der Waals surface area contributed by atoms with Crippen LogP contribution in [0.25, 0.3) is 11.1 Å². The number of rotatable bonds is 10. The molecule has 6 nitrogen and oxygen atoms in total. The molecular formula is C33H32ClN3O3. The standard InChI is InChI=1S/C31H26ClN3O3.C2H6/c1-22-29(27(17-28(32)34-22)36-19-23-11-5-2-6-12-23)26-18-33-31(38-21-25-15-9-4-10-16-25)35-30(26)37-20-24-13-7-3-8-14-24;1-2/h2-18H,19-21H2,1H3;1-2H3. The third kappa shape index (κ3) is 7.80. The summed E-state index contributed by atoms with van der Waals surface area (Å²) in [6.45, 7) is 6.90. The van der Waals surface area contributed by atoms with Crippen LogP contribution in [0.5, 0.6) is 17.6 Å². The Bertz CT molecular complexity index is 1480. The summed E-state index contributed by atoms with van der Waals surface area (Å²) < 4.78 is 18.3. The van der Waals surface area contributed by atoms with Gasteiger partial charge in [-0.25, -0.2) is 9.97 Å². The van der Waals surface area contributed by atoms with E-state index in [-0.39, 0.29) is 6.01 Å². The van der Waals surface area contributed by atoms with Gasteiger partial charge in [0.25, 0.3) is 0 Å². The topological polar surface area (TPSA) is 66.4 Å². The quantitative estimate of drug-likeness (QED) is 0.162. The summed E-state index contributed by atoms with van der Waals surface area (Å²) in [5.41, 5.74) is 5.08. The Kier molecular flexibility index (Phi) is 10.5. The third-order valence-electron chi connectivity index (χ3n) is 5.80. The zero-order valence-electron chi connectivity index (χ0n) is 22.9. The van der Waals surface area contributed by atoms with Crippen molar-refractivity contribution in [2.75, 3.05) is 0 Å². The Labute approximate surface area is 240 Å². The van der Waals surface area contributed by atoms with Gasteiger partial charge < -0.3 is 14.2 Å². The lowest BCUT2D eigenvalue weighted by Gasteiger charge is -2.17. The van der Waals surface area contributed by atoms with Crippen molar-refractivity contribution in [2.24, 2.45) is 0 Å². The Morgan fingerprint density at radius 1 is 0.650 bits per heavy atom. The maximum Gasteiger partial charge on any atom is 0.320 e. The molecule has 7 heteroatoms. The Hall–Kier alpha value is -4.42. The van der Waals surface area contributed by atoms with Crippen molar-refractivity contribution in [3.8, 4) is 28.8 Å². The number of hydrogen-bond acceptors (Lipinski definition) is 6. The Morgan fingerprint density at radius 2 is 1.15 bits per heavy atom. The van der Waals surface area contributed by atoms with E-state index in [1.165, 1.54) is 0 Å². The highest BCUT2D eigenvalue weighted by molar-refractivity contribution is 6.29. The number of hydrogen-bond donors (Lipinski definition) is 0. The maximum absolute atomic E-state index is 6.32. The lowest BCUT2D eigenvalue weighted by molar-refractivity contribution is 0.259. The first-order valence-corrected chi connectivity index (χ1v) is 13.6. The second-order valence-electron chi connectivity index (χ2n) is 8.60. The van der Waals surface area contributed by atoms with Gasteiger partial charge in [-0.1, -0.05) is 116 Å². The molecule has 0 atom stereocenters. The zero-order chi connectivity index (χ0) is 28.2. The number of nitrogens with zero attached hydrogens (tertiary/aromatic N) is 3. The minimum absolute atomic E-state index is 0.215. The molecule has 2 heterocycles. The first kappa shape index (κ1) is 28.6.